The van der Waals surface area contributed by atoms with Gasteiger partial charge in [0.1, 0.15) is 11.5 Å². The number of thiocarbonyl (C=S) groups is 1. The number of para-hydroxylation sites is 1. The summed E-state index contributed by atoms with van der Waals surface area (Å²) in [7, 11) is 0. The van der Waals surface area contributed by atoms with Gasteiger partial charge in [-0.1, -0.05) is 37.6 Å². The van der Waals surface area contributed by atoms with Crippen LogP contribution in [0.2, 0.25) is 5.02 Å². The van der Waals surface area contributed by atoms with E-state index in [0.29, 0.717) is 50.5 Å². The summed E-state index contributed by atoms with van der Waals surface area (Å²) in [5.74, 6) is 0.813. The van der Waals surface area contributed by atoms with E-state index in [1.807, 2.05) is 0 Å². The van der Waals surface area contributed by atoms with Gasteiger partial charge < -0.3 is 20.1 Å². The molecule has 37 heavy (non-hydrogen) atoms. The van der Waals surface area contributed by atoms with Crippen molar-refractivity contribution in [2.24, 2.45) is 5.92 Å². The number of nitrogens with one attached hydrogen (secondary N) is 3. The van der Waals surface area contributed by atoms with Crippen molar-refractivity contribution >= 4 is 68.1 Å². The molecule has 0 fully saturated rings. The van der Waals surface area contributed by atoms with Crippen molar-refractivity contribution in [2.45, 2.75) is 26.9 Å². The first kappa shape index (κ1) is 28.4. The molecule has 1 atom stereocenters. The molecular formula is C27H27BrClN3O4S. The van der Waals surface area contributed by atoms with Crippen LogP contribution in [0.5, 0.6) is 11.5 Å². The smallest absolute Gasteiger partial charge is 0.265 e. The second-order valence-corrected chi connectivity index (χ2v) is 10.2. The Morgan fingerprint density at radius 2 is 1.59 bits per heavy atom. The second-order valence-electron chi connectivity index (χ2n) is 8.52. The van der Waals surface area contributed by atoms with Crippen LogP contribution in [0, 0.1) is 5.92 Å². The highest BCUT2D eigenvalue weighted by Gasteiger charge is 2.16. The predicted octanol–water partition coefficient (Wildman–Crippen LogP) is 6.67. The molecule has 3 aromatic carbocycles. The average Bonchev–Trinajstić information content (AvgIpc) is 2.85. The molecule has 194 valence electrons. The van der Waals surface area contributed by atoms with Gasteiger partial charge in [0.2, 0.25) is 0 Å². The normalized spacial score (nSPS) is 11.4. The average molecular weight is 605 g/mol. The van der Waals surface area contributed by atoms with E-state index in [0.717, 1.165) is 0 Å². The quantitative estimate of drug-likeness (QED) is 0.237. The number of hydrogen-bond acceptors (Lipinski definition) is 5. The minimum Gasteiger partial charge on any atom is -0.492 e. The third-order valence-electron chi connectivity index (χ3n) is 4.91. The molecule has 7 nitrogen and oxygen atoms in total. The van der Waals surface area contributed by atoms with E-state index in [4.69, 9.17) is 33.3 Å². The maximum absolute atomic E-state index is 12.6. The monoisotopic (exact) mass is 603 g/mol. The summed E-state index contributed by atoms with van der Waals surface area (Å²) in [6.45, 7) is 6.34. The molecule has 0 aliphatic heterocycles. The van der Waals surface area contributed by atoms with E-state index in [-0.39, 0.29) is 16.9 Å². The zero-order chi connectivity index (χ0) is 26.9. The second kappa shape index (κ2) is 13.4. The van der Waals surface area contributed by atoms with Crippen molar-refractivity contribution in [3.63, 3.8) is 0 Å². The molecule has 0 aromatic heterocycles. The molecule has 2 amide bonds. The molecule has 10 heteroatoms. The summed E-state index contributed by atoms with van der Waals surface area (Å²) in [5, 5.41) is 8.97. The van der Waals surface area contributed by atoms with Crippen molar-refractivity contribution in [2.75, 3.05) is 17.2 Å². The molecule has 3 rings (SSSR count). The topological polar surface area (TPSA) is 88.7 Å². The lowest BCUT2D eigenvalue weighted by atomic mass is 10.2. The van der Waals surface area contributed by atoms with Gasteiger partial charge in [0.25, 0.3) is 11.8 Å². The van der Waals surface area contributed by atoms with Crippen molar-refractivity contribution in [1.82, 2.24) is 5.32 Å². The van der Waals surface area contributed by atoms with E-state index < -0.39 is 6.10 Å². The molecule has 0 spiro atoms. The van der Waals surface area contributed by atoms with Crippen LogP contribution in [0.1, 0.15) is 31.1 Å². The fourth-order valence-electron chi connectivity index (χ4n) is 3.02. The number of halogens is 2. The van der Waals surface area contributed by atoms with Crippen LogP contribution in [-0.2, 0) is 4.79 Å². The van der Waals surface area contributed by atoms with E-state index in [1.165, 1.54) is 0 Å². The van der Waals surface area contributed by atoms with E-state index in [2.05, 4.69) is 45.7 Å². The van der Waals surface area contributed by atoms with Crippen molar-refractivity contribution < 1.29 is 19.1 Å². The van der Waals surface area contributed by atoms with Gasteiger partial charge in [0.05, 0.1) is 16.1 Å². The number of benzene rings is 3. The maximum Gasteiger partial charge on any atom is 0.265 e. The first-order valence-corrected chi connectivity index (χ1v) is 13.1. The van der Waals surface area contributed by atoms with Crippen LogP contribution in [0.3, 0.4) is 0 Å². The fourth-order valence-corrected chi connectivity index (χ4v) is 3.90. The van der Waals surface area contributed by atoms with Crippen LogP contribution < -0.4 is 25.4 Å². The van der Waals surface area contributed by atoms with Crippen LogP contribution in [0.4, 0.5) is 11.4 Å². The number of rotatable bonds is 9. The lowest BCUT2D eigenvalue weighted by Crippen LogP contribution is -2.34. The molecule has 0 aliphatic rings. The van der Waals surface area contributed by atoms with Gasteiger partial charge in [-0.15, -0.1) is 0 Å². The molecule has 0 saturated carbocycles. The number of hydrogen-bond donors (Lipinski definition) is 3. The molecular weight excluding hydrogens is 578 g/mol. The molecule has 3 N–H and O–H groups in total. The lowest BCUT2D eigenvalue weighted by molar-refractivity contribution is -0.122. The SMILES string of the molecule is CC(C)COc1ccc(C(=O)NC(=S)Nc2ccc(NC(=O)C(C)Oc3ccccc3Cl)cc2)cc1Br. The highest BCUT2D eigenvalue weighted by molar-refractivity contribution is 9.10. The predicted molar refractivity (Wildman–Crippen MR) is 155 cm³/mol. The minimum absolute atomic E-state index is 0.139. The molecule has 0 radical (unpaired) electrons. The highest BCUT2D eigenvalue weighted by atomic mass is 79.9. The van der Waals surface area contributed by atoms with E-state index in [9.17, 15) is 9.59 Å². The van der Waals surface area contributed by atoms with Gasteiger partial charge in [-0.3, -0.25) is 14.9 Å². The Hall–Kier alpha value is -3.14. The summed E-state index contributed by atoms with van der Waals surface area (Å²) >= 11 is 14.8. The zero-order valence-corrected chi connectivity index (χ0v) is 23.7. The van der Waals surface area contributed by atoms with Crippen LogP contribution in [0.25, 0.3) is 0 Å². The molecule has 1 unspecified atom stereocenters. The Bertz CT molecular complexity index is 1270. The summed E-state index contributed by atoms with van der Waals surface area (Å²) in [6.07, 6.45) is -0.753. The van der Waals surface area contributed by atoms with Crippen molar-refractivity contribution in [3.8, 4) is 11.5 Å². The summed E-state index contributed by atoms with van der Waals surface area (Å²) in [6, 6.07) is 18.9. The minimum atomic E-state index is -0.753. The Balaban J connectivity index is 1.50. The maximum atomic E-state index is 12.6. The van der Waals surface area contributed by atoms with Crippen LogP contribution in [0.15, 0.2) is 71.2 Å². The molecule has 0 aliphatic carbocycles. The van der Waals surface area contributed by atoms with Crippen molar-refractivity contribution in [3.05, 3.63) is 81.8 Å². The van der Waals surface area contributed by atoms with Gasteiger partial charge in [-0.25, -0.2) is 0 Å². The Morgan fingerprint density at radius 3 is 2.22 bits per heavy atom. The molecule has 0 saturated heterocycles. The van der Waals surface area contributed by atoms with Crippen molar-refractivity contribution in [1.29, 1.82) is 0 Å². The zero-order valence-electron chi connectivity index (χ0n) is 20.5. The number of carbonyl (C=O) groups excluding carboxylic acids is 2. The standard InChI is InChI=1S/C27H27BrClN3O4S/c1-16(2)15-35-23-13-8-18(14-21(23)28)26(34)32-27(37)31-20-11-9-19(10-12-20)30-25(33)17(3)36-24-7-5-4-6-22(24)29/h4-14,16-17H,15H2,1-3H3,(H,30,33)(H2,31,32,34,37). The lowest BCUT2D eigenvalue weighted by Gasteiger charge is -2.16. The highest BCUT2D eigenvalue weighted by Crippen LogP contribution is 2.27. The van der Waals surface area contributed by atoms with Crippen LogP contribution >= 0.6 is 39.7 Å². The Labute approximate surface area is 235 Å². The molecule has 0 bridgehead atoms. The first-order chi connectivity index (χ1) is 17.6. The fraction of sp³-hybridized carbons (Fsp3) is 0.222. The first-order valence-electron chi connectivity index (χ1n) is 11.5. The number of ether oxygens (including phenoxy) is 2. The van der Waals surface area contributed by atoms with Gasteiger partial charge in [0.15, 0.2) is 11.2 Å². The third kappa shape index (κ3) is 8.73. The molecule has 0 heterocycles. The summed E-state index contributed by atoms with van der Waals surface area (Å²) in [4.78, 5) is 25.1. The van der Waals surface area contributed by atoms with Gasteiger partial charge in [-0.2, -0.15) is 0 Å². The van der Waals surface area contributed by atoms with Gasteiger partial charge in [-0.05, 0) is 95.6 Å². The third-order valence-corrected chi connectivity index (χ3v) is 6.05. The number of anilines is 2. The summed E-state index contributed by atoms with van der Waals surface area (Å²) < 4.78 is 12.0. The Kier molecular flexibility index (Phi) is 10.3. The van der Waals surface area contributed by atoms with Crippen LogP contribution in [-0.4, -0.2) is 29.6 Å². The number of carbonyl (C=O) groups is 2. The molecule has 3 aromatic rings. The van der Waals surface area contributed by atoms with Gasteiger partial charge >= 0.3 is 0 Å². The van der Waals surface area contributed by atoms with Gasteiger partial charge in [0, 0.05) is 16.9 Å². The Morgan fingerprint density at radius 1 is 0.946 bits per heavy atom. The number of amides is 2. The van der Waals surface area contributed by atoms with E-state index in [1.54, 1.807) is 73.7 Å². The van der Waals surface area contributed by atoms with E-state index >= 15 is 0 Å². The summed E-state index contributed by atoms with van der Waals surface area (Å²) in [5.41, 5.74) is 1.64. The largest absolute Gasteiger partial charge is 0.492 e.